The third kappa shape index (κ3) is 14.9. The van der Waals surface area contributed by atoms with Gasteiger partial charge in [-0.15, -0.1) is 0 Å². The number of aliphatic hydroxyl groups is 5. The van der Waals surface area contributed by atoms with Gasteiger partial charge >= 0.3 is 12.0 Å². The molecule has 65 heavy (non-hydrogen) atoms. The van der Waals surface area contributed by atoms with Crippen LogP contribution in [0, 0.1) is 29.1 Å². The van der Waals surface area contributed by atoms with Crippen molar-refractivity contribution in [2.45, 2.75) is 232 Å². The Morgan fingerprint density at radius 1 is 0.954 bits per heavy atom. The van der Waals surface area contributed by atoms with Gasteiger partial charge in [0.1, 0.15) is 30.0 Å². The van der Waals surface area contributed by atoms with Gasteiger partial charge in [0.05, 0.1) is 41.5 Å². The number of amides is 2. The molecule has 0 saturated carbocycles. The minimum Gasteiger partial charge on any atom is -0.459 e. The van der Waals surface area contributed by atoms with E-state index in [1.54, 1.807) is 27.7 Å². The third-order valence-corrected chi connectivity index (χ3v) is 14.7. The number of likely N-dealkylation sites (N-methyl/N-ethyl adjacent to an activating group) is 1. The molecule has 0 aromatic heterocycles. The molecule has 7 N–H and O–H groups in total. The number of rotatable bonds is 12. The largest absolute Gasteiger partial charge is 0.459 e. The Morgan fingerprint density at radius 3 is 2.12 bits per heavy atom. The molecule has 3 aliphatic rings. The summed E-state index contributed by atoms with van der Waals surface area (Å²) >= 11 is 0. The molecule has 3 rings (SSSR count). The number of urea groups is 1. The Hall–Kier alpha value is -1.70. The molecular formula is C49H94N4O12. The number of ether oxygens (including phenoxy) is 5. The van der Waals surface area contributed by atoms with Gasteiger partial charge in [-0.2, -0.15) is 0 Å². The predicted octanol–water partition coefficient (Wildman–Crippen LogP) is 4.45. The van der Waals surface area contributed by atoms with Crippen LogP contribution in [0.3, 0.4) is 0 Å². The summed E-state index contributed by atoms with van der Waals surface area (Å²) in [4.78, 5) is 31.7. The minimum absolute atomic E-state index is 0.0195. The number of hydrogen-bond acceptors (Lipinski definition) is 14. The number of aliphatic hydroxyl groups excluding tert-OH is 3. The molecule has 16 nitrogen and oxygen atoms in total. The maximum Gasteiger partial charge on any atom is 0.315 e. The van der Waals surface area contributed by atoms with Crippen LogP contribution in [0.25, 0.3) is 0 Å². The number of hydrogen-bond donors (Lipinski definition) is 7. The van der Waals surface area contributed by atoms with Crippen molar-refractivity contribution in [1.29, 1.82) is 0 Å². The van der Waals surface area contributed by atoms with Crippen LogP contribution in [0.2, 0.25) is 0 Å². The molecule has 0 radical (unpaired) electrons. The van der Waals surface area contributed by atoms with Crippen LogP contribution in [-0.4, -0.2) is 178 Å². The molecule has 1 unspecified atom stereocenters. The summed E-state index contributed by atoms with van der Waals surface area (Å²) in [6.45, 7) is 29.5. The van der Waals surface area contributed by atoms with Crippen molar-refractivity contribution >= 4 is 12.0 Å². The van der Waals surface area contributed by atoms with Crippen LogP contribution in [0.1, 0.15) is 142 Å². The normalized spacial score (nSPS) is 42.5. The second-order valence-electron chi connectivity index (χ2n) is 23.2. The molecule has 16 heteroatoms. The number of carbonyl (C=O) groups is 2. The highest BCUT2D eigenvalue weighted by Crippen LogP contribution is 2.45. The zero-order valence-electron chi connectivity index (χ0n) is 43.5. The Labute approximate surface area is 392 Å². The van der Waals surface area contributed by atoms with E-state index in [1.807, 2.05) is 72.4 Å². The van der Waals surface area contributed by atoms with E-state index in [0.717, 1.165) is 6.42 Å². The third-order valence-electron chi connectivity index (χ3n) is 14.7. The lowest BCUT2D eigenvalue weighted by Gasteiger charge is -2.51. The van der Waals surface area contributed by atoms with E-state index in [0.29, 0.717) is 32.5 Å². The predicted molar refractivity (Wildman–Crippen MR) is 251 cm³/mol. The number of cyclic esters (lactones) is 1. The average molecular weight is 931 g/mol. The topological polar surface area (TPSA) is 212 Å². The first kappa shape index (κ1) is 57.6. The van der Waals surface area contributed by atoms with Gasteiger partial charge in [-0.25, -0.2) is 4.79 Å². The molecule has 0 aromatic carbocycles. The lowest BCUT2D eigenvalue weighted by molar-refractivity contribution is -0.302. The summed E-state index contributed by atoms with van der Waals surface area (Å²) in [6, 6.07) is -1.22. The van der Waals surface area contributed by atoms with Crippen molar-refractivity contribution in [2.75, 3.05) is 40.8 Å². The smallest absolute Gasteiger partial charge is 0.315 e. The minimum atomic E-state index is -1.89. The Morgan fingerprint density at radius 2 is 1.57 bits per heavy atom. The fourth-order valence-corrected chi connectivity index (χ4v) is 11.7. The Bertz CT molecular complexity index is 1510. The standard InChI is InChI=1S/C49H94N4O12/c1-19-36-49(15,60)39(55)32(6)53(22-20-21-50-44(58)51-46(11,12)27-45(8,9)10)26-28(2)24-47(13,59)41(65-43-38(54)34(52(16)17)23-29(3)62-43)30(4)37(31(5)42(57)64-36)35-25-48(14,61-18)40(56)33(7)63-35/h28-41,43,54-56,59-60H,19-27H2,1-18H3,(H2,50,51,58)/t28-,29-,30+,31-,32-,33+,34+,35?,36-,37+,38-,39-,40+,41-,43+,47-,48-,49-/m1/s1. The molecule has 2 amide bonds. The van der Waals surface area contributed by atoms with Crippen LogP contribution >= 0.6 is 0 Å². The molecule has 3 fully saturated rings. The summed E-state index contributed by atoms with van der Waals surface area (Å²) in [5, 5.41) is 66.4. The zero-order chi connectivity index (χ0) is 49.8. The van der Waals surface area contributed by atoms with Gasteiger partial charge in [-0.3, -0.25) is 9.69 Å². The van der Waals surface area contributed by atoms with Crippen LogP contribution < -0.4 is 10.6 Å². The fourth-order valence-electron chi connectivity index (χ4n) is 11.7. The van der Waals surface area contributed by atoms with Crippen LogP contribution in [-0.2, 0) is 28.5 Å². The zero-order valence-corrected chi connectivity index (χ0v) is 43.5. The number of esters is 1. The maximum atomic E-state index is 14.7. The molecule has 0 bridgehead atoms. The molecule has 3 aliphatic heterocycles. The molecule has 0 spiro atoms. The summed E-state index contributed by atoms with van der Waals surface area (Å²) in [5.74, 6) is -3.19. The number of methoxy groups -OCH3 is 1. The first-order valence-corrected chi connectivity index (χ1v) is 24.4. The highest BCUT2D eigenvalue weighted by atomic mass is 16.7. The van der Waals surface area contributed by atoms with Gasteiger partial charge < -0.3 is 64.8 Å². The molecule has 3 saturated heterocycles. The Balaban J connectivity index is 2.13. The van der Waals surface area contributed by atoms with Gasteiger partial charge in [0.25, 0.3) is 0 Å². The molecule has 18 atom stereocenters. The molecule has 0 aromatic rings. The van der Waals surface area contributed by atoms with Gasteiger partial charge in [-0.05, 0) is 119 Å². The summed E-state index contributed by atoms with van der Waals surface area (Å²) in [7, 11) is 5.32. The number of carbonyl (C=O) groups excluding carboxylic acids is 2. The van der Waals surface area contributed by atoms with Crippen molar-refractivity contribution in [2.24, 2.45) is 29.1 Å². The SMILES string of the molecule is CC[C@H]1OC(=O)[C@H](C)[C@@H](C2C[C@@](C)(OC)[C@@H](O)[C@H](C)O2)[C@H](C)[C@@H](O[C@@H]2O[C@H](C)C[C@H](N(C)C)[C@H]2O)[C@](C)(O)C[C@@H](C)CN(CCCNC(=O)NC(C)(C)CC(C)(C)C)[C@H](C)[C@@H](O)[C@]1(C)O. The van der Waals surface area contributed by atoms with Crippen LogP contribution in [0.15, 0.2) is 0 Å². The second kappa shape index (κ2) is 22.8. The number of nitrogens with one attached hydrogen (secondary N) is 2. The summed E-state index contributed by atoms with van der Waals surface area (Å²) in [5.41, 5.74) is -4.94. The lowest BCUT2D eigenvalue weighted by Crippen LogP contribution is -2.61. The summed E-state index contributed by atoms with van der Waals surface area (Å²) < 4.78 is 32.0. The van der Waals surface area contributed by atoms with Gasteiger partial charge in [0.2, 0.25) is 0 Å². The highest BCUT2D eigenvalue weighted by molar-refractivity contribution is 5.74. The van der Waals surface area contributed by atoms with Crippen molar-refractivity contribution in [1.82, 2.24) is 20.4 Å². The van der Waals surface area contributed by atoms with Crippen molar-refractivity contribution < 1.29 is 58.8 Å². The van der Waals surface area contributed by atoms with Crippen molar-refractivity contribution in [3.8, 4) is 0 Å². The summed E-state index contributed by atoms with van der Waals surface area (Å²) in [6.07, 6.45) is -5.93. The van der Waals surface area contributed by atoms with Gasteiger partial charge in [0, 0.05) is 56.7 Å². The van der Waals surface area contributed by atoms with E-state index in [9.17, 15) is 35.1 Å². The monoisotopic (exact) mass is 931 g/mol. The first-order valence-electron chi connectivity index (χ1n) is 24.4. The fraction of sp³-hybridized carbons (Fsp3) is 0.959. The second-order valence-corrected chi connectivity index (χ2v) is 23.2. The van der Waals surface area contributed by atoms with E-state index in [4.69, 9.17) is 23.7 Å². The van der Waals surface area contributed by atoms with E-state index in [1.165, 1.54) is 14.0 Å². The van der Waals surface area contributed by atoms with E-state index >= 15 is 0 Å². The Kier molecular flexibility index (Phi) is 20.2. The van der Waals surface area contributed by atoms with Crippen LogP contribution in [0.4, 0.5) is 4.79 Å². The number of nitrogens with zero attached hydrogens (tertiary/aromatic N) is 2. The average Bonchev–Trinajstić information content (AvgIpc) is 3.17. The molecule has 3 heterocycles. The molecule has 0 aliphatic carbocycles. The lowest BCUT2D eigenvalue weighted by atomic mass is 9.68. The van der Waals surface area contributed by atoms with Crippen molar-refractivity contribution in [3.05, 3.63) is 0 Å². The van der Waals surface area contributed by atoms with E-state index < -0.39 is 101 Å². The molecular weight excluding hydrogens is 837 g/mol. The molecule has 382 valence electrons. The first-order chi connectivity index (χ1) is 29.7. The van der Waals surface area contributed by atoms with Gasteiger partial charge in [0.15, 0.2) is 6.29 Å². The quantitative estimate of drug-likeness (QED) is 0.107. The van der Waals surface area contributed by atoms with Crippen LogP contribution in [0.5, 0.6) is 0 Å². The highest BCUT2D eigenvalue weighted by Gasteiger charge is 2.55. The van der Waals surface area contributed by atoms with E-state index in [2.05, 4.69) is 31.4 Å². The maximum absolute atomic E-state index is 14.7. The van der Waals surface area contributed by atoms with Gasteiger partial charge in [-0.1, -0.05) is 48.5 Å². The van der Waals surface area contributed by atoms with E-state index in [-0.39, 0.29) is 48.8 Å². The van der Waals surface area contributed by atoms with Crippen molar-refractivity contribution in [3.63, 3.8) is 0 Å².